The van der Waals surface area contributed by atoms with Crippen LogP contribution in [0.25, 0.3) is 49.5 Å². The van der Waals surface area contributed by atoms with E-state index in [4.69, 9.17) is 4.74 Å². The van der Waals surface area contributed by atoms with Crippen molar-refractivity contribution in [2.24, 2.45) is 0 Å². The number of ether oxygens (including phenoxy) is 1. The molecule has 1 unspecified atom stereocenters. The second kappa shape index (κ2) is 10.6. The highest BCUT2D eigenvalue weighted by molar-refractivity contribution is 7.98. The minimum absolute atomic E-state index is 0.0800. The van der Waals surface area contributed by atoms with Gasteiger partial charge in [0.2, 0.25) is 0 Å². The highest BCUT2D eigenvalue weighted by atomic mass is 32.2. The first-order valence-electron chi connectivity index (χ1n) is 16.8. The first-order chi connectivity index (χ1) is 23.1. The van der Waals surface area contributed by atoms with E-state index in [9.17, 15) is 0 Å². The molecule has 2 heteroatoms. The molecule has 0 saturated carbocycles. The van der Waals surface area contributed by atoms with Crippen molar-refractivity contribution in [3.05, 3.63) is 161 Å². The lowest BCUT2D eigenvalue weighted by atomic mass is 9.71. The van der Waals surface area contributed by atoms with E-state index in [1.807, 2.05) is 0 Å². The van der Waals surface area contributed by atoms with Crippen LogP contribution < -0.4 is 4.74 Å². The molecule has 2 aliphatic rings. The van der Waals surface area contributed by atoms with E-state index in [1.165, 1.54) is 65.0 Å². The van der Waals surface area contributed by atoms with E-state index in [1.54, 1.807) is 11.8 Å². The molecule has 0 saturated heterocycles. The monoisotopic (exact) mass is 624 g/mol. The molecule has 0 spiro atoms. The number of hydrogen-bond donors (Lipinski definition) is 0. The van der Waals surface area contributed by atoms with Gasteiger partial charge in [0, 0.05) is 32.4 Å². The molecule has 228 valence electrons. The Balaban J connectivity index is 1.40. The third kappa shape index (κ3) is 3.85. The maximum atomic E-state index is 7.75. The first kappa shape index (κ1) is 28.4. The van der Waals surface area contributed by atoms with Crippen molar-refractivity contribution in [1.82, 2.24) is 0 Å². The maximum absolute atomic E-state index is 7.75. The van der Waals surface area contributed by atoms with Gasteiger partial charge in [-0.05, 0) is 92.6 Å². The number of fused-ring (bicyclic) bond motifs is 11. The van der Waals surface area contributed by atoms with Crippen LogP contribution in [0.3, 0.4) is 0 Å². The van der Waals surface area contributed by atoms with E-state index >= 15 is 0 Å². The van der Waals surface area contributed by atoms with Gasteiger partial charge in [0.05, 0.1) is 0 Å². The van der Waals surface area contributed by atoms with Crippen LogP contribution in [-0.2, 0) is 11.0 Å². The van der Waals surface area contributed by atoms with Crippen LogP contribution in [0.4, 0.5) is 0 Å². The molecule has 7 aromatic rings. The van der Waals surface area contributed by atoms with E-state index in [0.717, 1.165) is 29.7 Å². The van der Waals surface area contributed by atoms with Crippen molar-refractivity contribution in [3.63, 3.8) is 0 Å². The Bertz CT molecular complexity index is 2400. The SMILES string of the molecule is CCC1(CC)c2ccccc2-c2c1c1c(c3ccccc23)OC(c2ccc(SC)cc2)(c2cc3ccccc3c3ccccc23)C=C1. The van der Waals surface area contributed by atoms with Gasteiger partial charge in [-0.3, -0.25) is 0 Å². The molecule has 9 rings (SSSR count). The predicted molar refractivity (Wildman–Crippen MR) is 201 cm³/mol. The molecule has 0 bridgehead atoms. The average Bonchev–Trinajstić information content (AvgIpc) is 3.45. The van der Waals surface area contributed by atoms with Gasteiger partial charge in [0.15, 0.2) is 5.60 Å². The summed E-state index contributed by atoms with van der Waals surface area (Å²) in [5.74, 6) is 0.979. The lowest BCUT2D eigenvalue weighted by molar-refractivity contribution is 0.165. The van der Waals surface area contributed by atoms with Gasteiger partial charge in [-0.1, -0.05) is 129 Å². The molecule has 47 heavy (non-hydrogen) atoms. The fraction of sp³-hybridized carbons (Fsp3) is 0.156. The molecule has 1 nitrogen and oxygen atoms in total. The summed E-state index contributed by atoms with van der Waals surface area (Å²) >= 11 is 1.77. The summed E-state index contributed by atoms with van der Waals surface area (Å²) in [6, 6.07) is 46.9. The lowest BCUT2D eigenvalue weighted by Gasteiger charge is -2.40. The molecular formula is C45H36OS. The van der Waals surface area contributed by atoms with Crippen LogP contribution in [0.2, 0.25) is 0 Å². The Morgan fingerprint density at radius 3 is 2.00 bits per heavy atom. The van der Waals surface area contributed by atoms with Crippen molar-refractivity contribution in [2.75, 3.05) is 6.26 Å². The van der Waals surface area contributed by atoms with Crippen molar-refractivity contribution < 1.29 is 4.74 Å². The molecule has 1 aliphatic heterocycles. The summed E-state index contributed by atoms with van der Waals surface area (Å²) < 4.78 is 7.75. The van der Waals surface area contributed by atoms with Gasteiger partial charge >= 0.3 is 0 Å². The first-order valence-corrected chi connectivity index (χ1v) is 18.0. The Labute approximate surface area is 280 Å². The predicted octanol–water partition coefficient (Wildman–Crippen LogP) is 12.3. The Kier molecular flexibility index (Phi) is 6.42. The van der Waals surface area contributed by atoms with Gasteiger partial charge < -0.3 is 4.74 Å². The van der Waals surface area contributed by atoms with Gasteiger partial charge in [-0.15, -0.1) is 11.8 Å². The van der Waals surface area contributed by atoms with Crippen LogP contribution in [-0.4, -0.2) is 6.26 Å². The largest absolute Gasteiger partial charge is 0.472 e. The molecule has 1 aliphatic carbocycles. The Hall–Kier alpha value is -4.79. The third-order valence-electron chi connectivity index (χ3n) is 11.0. The Morgan fingerprint density at radius 2 is 1.26 bits per heavy atom. The Morgan fingerprint density at radius 1 is 0.617 bits per heavy atom. The molecule has 0 amide bonds. The van der Waals surface area contributed by atoms with E-state index in [2.05, 4.69) is 160 Å². The van der Waals surface area contributed by atoms with Gasteiger partial charge in [-0.2, -0.15) is 0 Å². The van der Waals surface area contributed by atoms with Gasteiger partial charge in [-0.25, -0.2) is 0 Å². The number of benzene rings is 7. The maximum Gasteiger partial charge on any atom is 0.178 e. The smallest absolute Gasteiger partial charge is 0.178 e. The molecule has 0 aromatic heterocycles. The topological polar surface area (TPSA) is 9.23 Å². The van der Waals surface area contributed by atoms with Crippen LogP contribution in [0.5, 0.6) is 5.75 Å². The second-order valence-electron chi connectivity index (χ2n) is 13.0. The van der Waals surface area contributed by atoms with E-state index in [0.29, 0.717) is 0 Å². The number of thioether (sulfide) groups is 1. The van der Waals surface area contributed by atoms with Gasteiger partial charge in [0.25, 0.3) is 0 Å². The highest BCUT2D eigenvalue weighted by Gasteiger charge is 2.47. The van der Waals surface area contributed by atoms with E-state index < -0.39 is 5.60 Å². The minimum Gasteiger partial charge on any atom is -0.472 e. The molecule has 1 atom stereocenters. The molecule has 0 fully saturated rings. The zero-order valence-electron chi connectivity index (χ0n) is 27.0. The van der Waals surface area contributed by atoms with Crippen LogP contribution >= 0.6 is 11.8 Å². The van der Waals surface area contributed by atoms with Crippen LogP contribution in [0.15, 0.2) is 138 Å². The summed E-state index contributed by atoms with van der Waals surface area (Å²) in [7, 11) is 0. The van der Waals surface area contributed by atoms with Crippen LogP contribution in [0.1, 0.15) is 54.5 Å². The fourth-order valence-corrected chi connectivity index (χ4v) is 9.17. The summed E-state index contributed by atoms with van der Waals surface area (Å²) in [6.07, 6.45) is 8.95. The standard InChI is InChI=1S/C45H36OS/c1-4-44(5-2)39-21-13-12-20-37(39)41-35-18-10-11-19-36(35)43-38(42(41)44)26-27-45(46-43,30-22-24-31(47-3)25-23-30)40-28-29-14-6-7-15-32(29)33-16-8-9-17-34(33)40/h6-28H,4-5H2,1-3H3. The quantitative estimate of drug-likeness (QED) is 0.139. The van der Waals surface area contributed by atoms with E-state index in [-0.39, 0.29) is 5.41 Å². The fourth-order valence-electron chi connectivity index (χ4n) is 8.76. The van der Waals surface area contributed by atoms with Crippen LogP contribution in [0, 0.1) is 0 Å². The number of hydrogen-bond acceptors (Lipinski definition) is 2. The molecule has 0 radical (unpaired) electrons. The average molecular weight is 625 g/mol. The molecular weight excluding hydrogens is 589 g/mol. The third-order valence-corrected chi connectivity index (χ3v) is 11.8. The zero-order chi connectivity index (χ0) is 31.8. The van der Waals surface area contributed by atoms with Crippen molar-refractivity contribution in [3.8, 4) is 16.9 Å². The summed E-state index contributed by atoms with van der Waals surface area (Å²) in [5, 5.41) is 7.36. The van der Waals surface area contributed by atoms with Crippen molar-refractivity contribution >= 4 is 50.2 Å². The lowest BCUT2D eigenvalue weighted by Crippen LogP contribution is -2.35. The van der Waals surface area contributed by atoms with Crippen molar-refractivity contribution in [1.29, 1.82) is 0 Å². The van der Waals surface area contributed by atoms with Crippen molar-refractivity contribution in [2.45, 2.75) is 42.6 Å². The normalized spacial score (nSPS) is 17.4. The zero-order valence-corrected chi connectivity index (χ0v) is 27.8. The molecule has 1 heterocycles. The molecule has 0 N–H and O–H groups in total. The molecule has 7 aromatic carbocycles. The summed E-state index contributed by atoms with van der Waals surface area (Å²) in [5.41, 5.74) is 8.20. The number of rotatable bonds is 5. The summed E-state index contributed by atoms with van der Waals surface area (Å²) in [4.78, 5) is 1.24. The second-order valence-corrected chi connectivity index (χ2v) is 13.8. The summed E-state index contributed by atoms with van der Waals surface area (Å²) in [6.45, 7) is 4.70. The van der Waals surface area contributed by atoms with Gasteiger partial charge in [0.1, 0.15) is 5.75 Å². The minimum atomic E-state index is -0.836. The highest BCUT2D eigenvalue weighted by Crippen LogP contribution is 2.60.